The van der Waals surface area contributed by atoms with E-state index in [0.717, 1.165) is 18.2 Å². The Morgan fingerprint density at radius 1 is 1.47 bits per heavy atom. The molecule has 0 aliphatic heterocycles. The molecule has 0 fully saturated rings. The van der Waals surface area contributed by atoms with Crippen LogP contribution in [-0.2, 0) is 13.6 Å². The molecule has 0 aliphatic rings. The van der Waals surface area contributed by atoms with E-state index in [1.54, 1.807) is 6.08 Å². The fourth-order valence-electron chi connectivity index (χ4n) is 1.41. The lowest BCUT2D eigenvalue weighted by molar-refractivity contribution is 0.803. The van der Waals surface area contributed by atoms with Crippen LogP contribution in [0.15, 0.2) is 23.7 Å². The largest absolute Gasteiger partial charge is 0.357 e. The van der Waals surface area contributed by atoms with Crippen molar-refractivity contribution in [3.8, 4) is 0 Å². The van der Waals surface area contributed by atoms with Crippen LogP contribution in [0, 0.1) is 0 Å². The van der Waals surface area contributed by atoms with Crippen molar-refractivity contribution in [3.05, 3.63) is 34.6 Å². The highest BCUT2D eigenvalue weighted by molar-refractivity contribution is 14.0. The molecule has 2 N–H and O–H groups in total. The number of nitrogens with zero attached hydrogens (tertiary/aromatic N) is 2. The molecule has 7 heteroatoms. The summed E-state index contributed by atoms with van der Waals surface area (Å²) in [5.41, 5.74) is 0.959. The number of halogens is 3. The lowest BCUT2D eigenvalue weighted by atomic mass is 10.4. The highest BCUT2D eigenvalue weighted by Gasteiger charge is 2.08. The second-order valence-corrected chi connectivity index (χ2v) is 4.46. The summed E-state index contributed by atoms with van der Waals surface area (Å²) in [4.78, 5) is 4.45. The van der Waals surface area contributed by atoms with Gasteiger partial charge in [0.2, 0.25) is 0 Å². The first kappa shape index (κ1) is 18.6. The van der Waals surface area contributed by atoms with Gasteiger partial charge in [-0.2, -0.15) is 0 Å². The van der Waals surface area contributed by atoms with E-state index in [2.05, 4.69) is 22.2 Å². The van der Waals surface area contributed by atoms with Gasteiger partial charge < -0.3 is 15.2 Å². The average Bonchev–Trinajstić information content (AvgIpc) is 2.60. The van der Waals surface area contributed by atoms with Crippen molar-refractivity contribution < 1.29 is 0 Å². The maximum atomic E-state index is 6.00. The molecule has 0 spiro atoms. The minimum atomic E-state index is 0. The lowest BCUT2D eigenvalue weighted by Crippen LogP contribution is -2.37. The van der Waals surface area contributed by atoms with E-state index in [0.29, 0.717) is 23.3 Å². The van der Waals surface area contributed by atoms with E-state index in [1.807, 2.05) is 24.6 Å². The number of aromatic nitrogens is 1. The zero-order valence-electron chi connectivity index (χ0n) is 11.0. The number of guanidine groups is 1. The molecule has 0 aliphatic carbocycles. The molecule has 0 atom stereocenters. The maximum absolute atomic E-state index is 6.00. The minimum absolute atomic E-state index is 0. The van der Waals surface area contributed by atoms with Gasteiger partial charge in [0.15, 0.2) is 5.96 Å². The number of hydrogen-bond donors (Lipinski definition) is 2. The third-order valence-corrected chi connectivity index (χ3v) is 3.21. The van der Waals surface area contributed by atoms with Crippen molar-refractivity contribution in [2.45, 2.75) is 13.5 Å². The highest BCUT2D eigenvalue weighted by atomic mass is 127. The first-order valence-electron chi connectivity index (χ1n) is 5.72. The smallest absolute Gasteiger partial charge is 0.191 e. The molecule has 1 aromatic rings. The fourth-order valence-corrected chi connectivity index (χ4v) is 1.83. The number of rotatable bonds is 5. The third-order valence-electron chi connectivity index (χ3n) is 2.37. The van der Waals surface area contributed by atoms with E-state index in [1.165, 1.54) is 0 Å². The Morgan fingerprint density at radius 2 is 2.16 bits per heavy atom. The summed E-state index contributed by atoms with van der Waals surface area (Å²) in [6, 6.07) is 1.82. The summed E-state index contributed by atoms with van der Waals surface area (Å²) in [6.07, 6.45) is 1.78. The van der Waals surface area contributed by atoms with Crippen molar-refractivity contribution >= 4 is 53.1 Å². The summed E-state index contributed by atoms with van der Waals surface area (Å²) in [5, 5.41) is 7.35. The number of hydrogen-bond acceptors (Lipinski definition) is 1. The molecule has 0 aromatic carbocycles. The minimum Gasteiger partial charge on any atom is -0.357 e. The Morgan fingerprint density at radius 3 is 2.63 bits per heavy atom. The number of aliphatic imine (C=N–C) groups is 1. The van der Waals surface area contributed by atoms with Crippen molar-refractivity contribution in [2.24, 2.45) is 12.0 Å². The zero-order valence-corrected chi connectivity index (χ0v) is 14.9. The molecule has 0 saturated heterocycles. The fraction of sp³-hybridized carbons (Fsp3) is 0.417. The highest BCUT2D eigenvalue weighted by Crippen LogP contribution is 2.25. The molecule has 19 heavy (non-hydrogen) atoms. The molecule has 1 rings (SSSR count). The van der Waals surface area contributed by atoms with Crippen molar-refractivity contribution in [3.63, 3.8) is 0 Å². The van der Waals surface area contributed by atoms with Crippen LogP contribution in [0.1, 0.15) is 12.6 Å². The Labute approximate surface area is 141 Å². The topological polar surface area (TPSA) is 41.4 Å². The third kappa shape index (κ3) is 5.62. The van der Waals surface area contributed by atoms with E-state index < -0.39 is 0 Å². The molecular weight excluding hydrogens is 398 g/mol. The molecule has 4 nitrogen and oxygen atoms in total. The van der Waals surface area contributed by atoms with Gasteiger partial charge in [-0.25, -0.2) is 4.99 Å². The molecule has 1 heterocycles. The molecule has 1 aromatic heterocycles. The van der Waals surface area contributed by atoms with Gasteiger partial charge >= 0.3 is 0 Å². The zero-order chi connectivity index (χ0) is 13.5. The van der Waals surface area contributed by atoms with E-state index in [9.17, 15) is 0 Å². The van der Waals surface area contributed by atoms with Gasteiger partial charge in [0.05, 0.1) is 11.6 Å². The normalized spacial score (nSPS) is 10.8. The van der Waals surface area contributed by atoms with Crippen LogP contribution < -0.4 is 10.6 Å². The molecular formula is C12H19Cl2IN4. The molecule has 0 saturated carbocycles. The summed E-state index contributed by atoms with van der Waals surface area (Å²) in [6.45, 7) is 7.65. The van der Waals surface area contributed by atoms with Crippen molar-refractivity contribution in [1.82, 2.24) is 15.2 Å². The van der Waals surface area contributed by atoms with Crippen LogP contribution in [0.25, 0.3) is 0 Å². The molecule has 108 valence electrons. The predicted octanol–water partition coefficient (Wildman–Crippen LogP) is 3.19. The van der Waals surface area contributed by atoms with Crippen molar-refractivity contribution in [2.75, 3.05) is 13.1 Å². The second-order valence-electron chi connectivity index (χ2n) is 3.70. The van der Waals surface area contributed by atoms with Crippen LogP contribution in [0.2, 0.25) is 10.2 Å². The Balaban J connectivity index is 0.00000324. The van der Waals surface area contributed by atoms with Gasteiger partial charge in [-0.05, 0) is 13.0 Å². The van der Waals surface area contributed by atoms with Crippen LogP contribution in [0.4, 0.5) is 0 Å². The van der Waals surface area contributed by atoms with Gasteiger partial charge in [-0.3, -0.25) is 0 Å². The average molecular weight is 417 g/mol. The Kier molecular flexibility index (Phi) is 9.30. The predicted molar refractivity (Wildman–Crippen MR) is 93.9 cm³/mol. The van der Waals surface area contributed by atoms with Crippen LogP contribution >= 0.6 is 47.2 Å². The van der Waals surface area contributed by atoms with Crippen LogP contribution in [0.5, 0.6) is 0 Å². The molecule has 0 radical (unpaired) electrons. The monoisotopic (exact) mass is 416 g/mol. The van der Waals surface area contributed by atoms with Crippen LogP contribution in [-0.4, -0.2) is 23.6 Å². The molecule has 0 bridgehead atoms. The standard InChI is InChI=1S/C12H18Cl2N4.HI/c1-4-6-16-12(15-5-2)17-8-9-7-10(13)11(14)18(9)3;/h4,7H,1,5-6,8H2,2-3H3,(H2,15,16,17);1H. The summed E-state index contributed by atoms with van der Waals surface area (Å²) in [7, 11) is 1.86. The first-order chi connectivity index (χ1) is 8.60. The summed E-state index contributed by atoms with van der Waals surface area (Å²) < 4.78 is 1.82. The first-order valence-corrected chi connectivity index (χ1v) is 6.48. The second kappa shape index (κ2) is 9.50. The maximum Gasteiger partial charge on any atom is 0.191 e. The SMILES string of the molecule is C=CCNC(=NCc1cc(Cl)c(Cl)n1C)NCC.I. The van der Waals surface area contributed by atoms with Gasteiger partial charge in [-0.1, -0.05) is 29.3 Å². The van der Waals surface area contributed by atoms with E-state index in [-0.39, 0.29) is 24.0 Å². The summed E-state index contributed by atoms with van der Waals surface area (Å²) >= 11 is 11.9. The Hall–Kier alpha value is -0.400. The number of nitrogens with one attached hydrogen (secondary N) is 2. The molecule has 0 amide bonds. The summed E-state index contributed by atoms with van der Waals surface area (Å²) in [5.74, 6) is 0.742. The van der Waals surface area contributed by atoms with Gasteiger partial charge in [0, 0.05) is 25.8 Å². The van der Waals surface area contributed by atoms with Crippen molar-refractivity contribution in [1.29, 1.82) is 0 Å². The Bertz CT molecular complexity index is 443. The van der Waals surface area contributed by atoms with Gasteiger partial charge in [0.25, 0.3) is 0 Å². The van der Waals surface area contributed by atoms with Crippen LogP contribution in [0.3, 0.4) is 0 Å². The molecule has 0 unspecified atom stereocenters. The van der Waals surface area contributed by atoms with Gasteiger partial charge in [-0.15, -0.1) is 30.6 Å². The van der Waals surface area contributed by atoms with E-state index in [4.69, 9.17) is 23.2 Å². The van der Waals surface area contributed by atoms with E-state index >= 15 is 0 Å². The quantitative estimate of drug-likeness (QED) is 0.335. The van der Waals surface area contributed by atoms with Gasteiger partial charge in [0.1, 0.15) is 5.15 Å². The lowest BCUT2D eigenvalue weighted by Gasteiger charge is -2.09.